The molecule has 0 aliphatic carbocycles. The zero-order valence-electron chi connectivity index (χ0n) is 7.29. The van der Waals surface area contributed by atoms with Crippen molar-refractivity contribution in [3.63, 3.8) is 0 Å². The van der Waals surface area contributed by atoms with E-state index >= 15 is 0 Å². The molecule has 0 saturated heterocycles. The van der Waals surface area contributed by atoms with Crippen LogP contribution in [0.2, 0.25) is 0 Å². The molecule has 1 atom stereocenters. The number of nitrogens with zero attached hydrogens (tertiary/aromatic N) is 1. The lowest BCUT2D eigenvalue weighted by atomic mass is 9.96. The van der Waals surface area contributed by atoms with Crippen molar-refractivity contribution in [2.75, 3.05) is 0 Å². The topological polar surface area (TPSA) is 44.0 Å². The summed E-state index contributed by atoms with van der Waals surface area (Å²) < 4.78 is 12.2. The highest BCUT2D eigenvalue weighted by atomic mass is 19.1. The van der Waals surface area contributed by atoms with E-state index in [4.69, 9.17) is 5.26 Å². The normalized spacial score (nSPS) is 14.6. The average Bonchev–Trinajstić information content (AvgIpc) is 2.18. The van der Waals surface area contributed by atoms with E-state index < -0.39 is 12.3 Å². The van der Waals surface area contributed by atoms with Gasteiger partial charge in [0, 0.05) is 0 Å². The number of hydrogen-bond acceptors (Lipinski definition) is 2. The lowest BCUT2D eigenvalue weighted by Gasteiger charge is -2.14. The van der Waals surface area contributed by atoms with Crippen molar-refractivity contribution >= 4 is 0 Å². The molecule has 1 rings (SSSR count). The van der Waals surface area contributed by atoms with E-state index in [1.54, 1.807) is 24.3 Å². The van der Waals surface area contributed by atoms with Crippen molar-refractivity contribution in [1.82, 2.24) is 0 Å². The first-order chi connectivity index (χ1) is 6.10. The van der Waals surface area contributed by atoms with Gasteiger partial charge in [0.2, 0.25) is 0 Å². The molecule has 3 heteroatoms. The summed E-state index contributed by atoms with van der Waals surface area (Å²) >= 11 is 0. The summed E-state index contributed by atoms with van der Waals surface area (Å²) in [6.45, 7) is 0.791. The molecular weight excluding hydrogens is 169 g/mol. The maximum Gasteiger partial charge on any atom is 0.173 e. The van der Waals surface area contributed by atoms with Gasteiger partial charge in [-0.15, -0.1) is 0 Å². The molecule has 0 aliphatic rings. The Morgan fingerprint density at radius 3 is 2.85 bits per heavy atom. The second-order valence-electron chi connectivity index (χ2n) is 3.02. The highest BCUT2D eigenvalue weighted by Crippen LogP contribution is 2.20. The Morgan fingerprint density at radius 2 is 2.31 bits per heavy atom. The van der Waals surface area contributed by atoms with Crippen molar-refractivity contribution in [2.24, 2.45) is 0 Å². The Kier molecular flexibility index (Phi) is 2.64. The summed E-state index contributed by atoms with van der Waals surface area (Å²) in [5.41, 5.74) is -0.649. The minimum Gasteiger partial charge on any atom is -0.372 e. The highest BCUT2D eigenvalue weighted by molar-refractivity contribution is 5.31. The summed E-state index contributed by atoms with van der Waals surface area (Å²) in [4.78, 5) is 0. The third-order valence-corrected chi connectivity index (χ3v) is 1.86. The third-order valence-electron chi connectivity index (χ3n) is 1.86. The van der Waals surface area contributed by atoms with Crippen LogP contribution in [0.25, 0.3) is 0 Å². The third kappa shape index (κ3) is 2.04. The zero-order valence-corrected chi connectivity index (χ0v) is 7.29. The van der Waals surface area contributed by atoms with Crippen LogP contribution in [0.1, 0.15) is 18.1 Å². The van der Waals surface area contributed by atoms with E-state index in [-0.39, 0.29) is 0 Å². The van der Waals surface area contributed by atoms with E-state index in [1.807, 2.05) is 0 Å². The van der Waals surface area contributed by atoms with Gasteiger partial charge in [0.25, 0.3) is 0 Å². The molecule has 68 valence electrons. The Hall–Kier alpha value is -1.40. The lowest BCUT2D eigenvalue weighted by Crippen LogP contribution is -2.18. The molecular formula is C10H10FNO. The molecule has 0 saturated carbocycles. The molecule has 1 N–H and O–H groups in total. The van der Waals surface area contributed by atoms with Crippen LogP contribution in [0.5, 0.6) is 0 Å². The fourth-order valence-electron chi connectivity index (χ4n) is 1.02. The number of alkyl halides is 1. The van der Waals surface area contributed by atoms with Gasteiger partial charge in [-0.05, 0) is 24.1 Å². The van der Waals surface area contributed by atoms with Crippen molar-refractivity contribution in [2.45, 2.75) is 19.2 Å². The van der Waals surface area contributed by atoms with Gasteiger partial charge in [-0.2, -0.15) is 5.26 Å². The van der Waals surface area contributed by atoms with E-state index in [2.05, 4.69) is 0 Å². The summed E-state index contributed by atoms with van der Waals surface area (Å²) in [5, 5.41) is 18.1. The van der Waals surface area contributed by atoms with Gasteiger partial charge >= 0.3 is 0 Å². The van der Waals surface area contributed by atoms with Crippen molar-refractivity contribution in [1.29, 1.82) is 5.26 Å². The Labute approximate surface area is 76.2 Å². The molecule has 2 nitrogen and oxygen atoms in total. The van der Waals surface area contributed by atoms with E-state index in [9.17, 15) is 9.50 Å². The molecule has 0 aromatic heterocycles. The van der Waals surface area contributed by atoms with Gasteiger partial charge in [-0.3, -0.25) is 0 Å². The Morgan fingerprint density at radius 1 is 1.62 bits per heavy atom. The Balaban J connectivity index is 3.10. The molecule has 0 radical (unpaired) electrons. The molecule has 13 heavy (non-hydrogen) atoms. The van der Waals surface area contributed by atoms with Crippen LogP contribution in [0, 0.1) is 11.3 Å². The molecule has 0 fully saturated rings. The second kappa shape index (κ2) is 3.55. The van der Waals surface area contributed by atoms with Crippen molar-refractivity contribution in [3.05, 3.63) is 35.4 Å². The van der Waals surface area contributed by atoms with E-state index in [0.717, 1.165) is 0 Å². The highest BCUT2D eigenvalue weighted by Gasteiger charge is 2.21. The van der Waals surface area contributed by atoms with E-state index in [1.165, 1.54) is 13.0 Å². The molecule has 0 aliphatic heterocycles. The van der Waals surface area contributed by atoms with Crippen LogP contribution >= 0.6 is 0 Å². The predicted octanol–water partition coefficient (Wildman–Crippen LogP) is 1.89. The second-order valence-corrected chi connectivity index (χ2v) is 3.02. The molecule has 1 aromatic rings. The number of hydrogen-bond donors (Lipinski definition) is 1. The number of halogens is 1. The van der Waals surface area contributed by atoms with Crippen LogP contribution in [0.3, 0.4) is 0 Å². The van der Waals surface area contributed by atoms with Crippen molar-refractivity contribution in [3.8, 4) is 6.07 Å². The summed E-state index contributed by atoms with van der Waals surface area (Å²) in [5.74, 6) is 0. The molecule has 0 spiro atoms. The number of nitriles is 1. The van der Waals surface area contributed by atoms with Gasteiger partial charge in [-0.25, -0.2) is 4.39 Å². The zero-order chi connectivity index (χ0) is 9.90. The minimum atomic E-state index is -1.54. The number of rotatable bonds is 2. The molecule has 0 heterocycles. The van der Waals surface area contributed by atoms with E-state index in [0.29, 0.717) is 11.1 Å². The van der Waals surface area contributed by atoms with Crippen LogP contribution < -0.4 is 0 Å². The quantitative estimate of drug-likeness (QED) is 0.704. The summed E-state index contributed by atoms with van der Waals surface area (Å²) in [7, 11) is 0. The average molecular weight is 179 g/mol. The van der Waals surface area contributed by atoms with Crippen LogP contribution in [-0.2, 0) is 12.3 Å². The van der Waals surface area contributed by atoms with Gasteiger partial charge < -0.3 is 5.11 Å². The largest absolute Gasteiger partial charge is 0.372 e. The first kappa shape index (κ1) is 9.69. The Bertz CT molecular complexity index is 341. The first-order valence-electron chi connectivity index (χ1n) is 3.89. The molecule has 1 aromatic carbocycles. The van der Waals surface area contributed by atoms with Crippen molar-refractivity contribution < 1.29 is 9.50 Å². The fraction of sp³-hybridized carbons (Fsp3) is 0.300. The number of aliphatic hydroxyl groups is 1. The van der Waals surface area contributed by atoms with Gasteiger partial charge in [0.05, 0.1) is 0 Å². The van der Waals surface area contributed by atoms with Gasteiger partial charge in [0.1, 0.15) is 12.7 Å². The predicted molar refractivity (Wildman–Crippen MR) is 46.4 cm³/mol. The van der Waals surface area contributed by atoms with Gasteiger partial charge in [0.15, 0.2) is 5.60 Å². The number of benzene rings is 1. The smallest absolute Gasteiger partial charge is 0.173 e. The fourth-order valence-corrected chi connectivity index (χ4v) is 1.02. The first-order valence-corrected chi connectivity index (χ1v) is 3.89. The monoisotopic (exact) mass is 179 g/mol. The lowest BCUT2D eigenvalue weighted by molar-refractivity contribution is 0.119. The van der Waals surface area contributed by atoms with Crippen LogP contribution in [0.4, 0.5) is 4.39 Å². The minimum absolute atomic E-state index is 0.421. The standard InChI is InChI=1S/C10H10FNO/c1-10(13,7-12)9-4-2-3-8(5-9)6-11/h2-5,13H,6H2,1H3. The van der Waals surface area contributed by atoms with Crippen LogP contribution in [-0.4, -0.2) is 5.11 Å². The maximum atomic E-state index is 12.2. The molecule has 0 bridgehead atoms. The molecule has 1 unspecified atom stereocenters. The summed E-state index contributed by atoms with van der Waals surface area (Å²) in [6, 6.07) is 8.06. The van der Waals surface area contributed by atoms with Crippen LogP contribution in [0.15, 0.2) is 24.3 Å². The van der Waals surface area contributed by atoms with Gasteiger partial charge in [-0.1, -0.05) is 18.2 Å². The molecule has 0 amide bonds. The SMILES string of the molecule is CC(O)(C#N)c1cccc(CF)c1. The maximum absolute atomic E-state index is 12.2. The summed E-state index contributed by atoms with van der Waals surface area (Å²) in [6.07, 6.45) is 0.